The second-order valence-electron chi connectivity index (χ2n) is 5.39. The van der Waals surface area contributed by atoms with Crippen molar-refractivity contribution in [3.63, 3.8) is 0 Å². The molecule has 0 aromatic rings. The Balaban J connectivity index is 1.73. The number of ether oxygens (including phenoxy) is 1. The molecule has 0 spiro atoms. The van der Waals surface area contributed by atoms with Crippen molar-refractivity contribution in [1.82, 2.24) is 15.1 Å². The largest absolute Gasteiger partial charge is 0.383 e. The SMILES string of the molecule is CNC(COC)CN1CCC(N2CCCC2)C1. The quantitative estimate of drug-likeness (QED) is 0.728. The van der Waals surface area contributed by atoms with E-state index in [2.05, 4.69) is 15.1 Å². The molecule has 2 atom stereocenters. The van der Waals surface area contributed by atoms with Gasteiger partial charge in [-0.3, -0.25) is 4.90 Å². The van der Waals surface area contributed by atoms with Crippen molar-refractivity contribution in [3.05, 3.63) is 0 Å². The summed E-state index contributed by atoms with van der Waals surface area (Å²) in [5, 5.41) is 3.33. The van der Waals surface area contributed by atoms with Gasteiger partial charge in [0.15, 0.2) is 0 Å². The highest BCUT2D eigenvalue weighted by molar-refractivity contribution is 4.87. The van der Waals surface area contributed by atoms with Crippen LogP contribution in [0.1, 0.15) is 19.3 Å². The summed E-state index contributed by atoms with van der Waals surface area (Å²) in [6, 6.07) is 1.29. The van der Waals surface area contributed by atoms with Crippen LogP contribution in [0.15, 0.2) is 0 Å². The second kappa shape index (κ2) is 6.69. The summed E-state index contributed by atoms with van der Waals surface area (Å²) in [6.07, 6.45) is 4.15. The summed E-state index contributed by atoms with van der Waals surface area (Å²) < 4.78 is 5.23. The highest BCUT2D eigenvalue weighted by atomic mass is 16.5. The summed E-state index contributed by atoms with van der Waals surface area (Å²) >= 11 is 0. The molecule has 2 fully saturated rings. The summed E-state index contributed by atoms with van der Waals surface area (Å²) in [4.78, 5) is 5.27. The third-order valence-electron chi connectivity index (χ3n) is 4.16. The van der Waals surface area contributed by atoms with Crippen LogP contribution in [0.3, 0.4) is 0 Å². The standard InChI is InChI=1S/C13H27N3O/c1-14-12(11-17-2)9-15-8-5-13(10-15)16-6-3-4-7-16/h12-14H,3-11H2,1-2H3. The zero-order valence-corrected chi connectivity index (χ0v) is 11.3. The first-order chi connectivity index (χ1) is 8.33. The van der Waals surface area contributed by atoms with E-state index in [1.165, 1.54) is 45.4 Å². The number of hydrogen-bond acceptors (Lipinski definition) is 4. The van der Waals surface area contributed by atoms with Gasteiger partial charge in [-0.1, -0.05) is 0 Å². The predicted octanol–water partition coefficient (Wildman–Crippen LogP) is 0.391. The highest BCUT2D eigenvalue weighted by Gasteiger charge is 2.29. The van der Waals surface area contributed by atoms with Gasteiger partial charge >= 0.3 is 0 Å². The van der Waals surface area contributed by atoms with Crippen LogP contribution in [-0.4, -0.2) is 75.4 Å². The van der Waals surface area contributed by atoms with Crippen LogP contribution >= 0.6 is 0 Å². The van der Waals surface area contributed by atoms with Gasteiger partial charge in [0.05, 0.1) is 6.61 Å². The average molecular weight is 241 g/mol. The lowest BCUT2D eigenvalue weighted by Crippen LogP contribution is -2.43. The molecular formula is C13H27N3O. The van der Waals surface area contributed by atoms with E-state index >= 15 is 0 Å². The van der Waals surface area contributed by atoms with E-state index in [1.807, 2.05) is 7.05 Å². The molecule has 17 heavy (non-hydrogen) atoms. The van der Waals surface area contributed by atoms with Crippen LogP contribution in [0.2, 0.25) is 0 Å². The molecule has 2 aliphatic rings. The topological polar surface area (TPSA) is 27.7 Å². The van der Waals surface area contributed by atoms with Crippen LogP contribution in [0, 0.1) is 0 Å². The van der Waals surface area contributed by atoms with Crippen molar-refractivity contribution in [2.45, 2.75) is 31.3 Å². The summed E-state index contributed by atoms with van der Waals surface area (Å²) in [5.41, 5.74) is 0. The van der Waals surface area contributed by atoms with E-state index in [0.717, 1.165) is 19.2 Å². The monoisotopic (exact) mass is 241 g/mol. The van der Waals surface area contributed by atoms with Gasteiger partial charge in [0.2, 0.25) is 0 Å². The molecule has 2 aliphatic heterocycles. The molecule has 0 radical (unpaired) electrons. The van der Waals surface area contributed by atoms with Gasteiger partial charge in [-0.2, -0.15) is 0 Å². The molecule has 1 N–H and O–H groups in total. The maximum Gasteiger partial charge on any atom is 0.0628 e. The van der Waals surface area contributed by atoms with E-state index in [1.54, 1.807) is 7.11 Å². The molecule has 0 aromatic heterocycles. The van der Waals surface area contributed by atoms with Crippen molar-refractivity contribution >= 4 is 0 Å². The van der Waals surface area contributed by atoms with Gasteiger partial charge in [0.25, 0.3) is 0 Å². The number of hydrogen-bond donors (Lipinski definition) is 1. The van der Waals surface area contributed by atoms with E-state index in [4.69, 9.17) is 4.74 Å². The smallest absolute Gasteiger partial charge is 0.0628 e. The number of likely N-dealkylation sites (N-methyl/N-ethyl adjacent to an activating group) is 1. The fourth-order valence-electron chi connectivity index (χ4n) is 3.12. The fraction of sp³-hybridized carbons (Fsp3) is 1.00. The van der Waals surface area contributed by atoms with Gasteiger partial charge in [0, 0.05) is 32.3 Å². The number of rotatable bonds is 6. The lowest BCUT2D eigenvalue weighted by Gasteiger charge is -2.25. The van der Waals surface area contributed by atoms with Crippen molar-refractivity contribution in [2.24, 2.45) is 0 Å². The first kappa shape index (κ1) is 13.3. The molecular weight excluding hydrogens is 214 g/mol. The zero-order valence-electron chi connectivity index (χ0n) is 11.3. The van der Waals surface area contributed by atoms with Gasteiger partial charge in [-0.25, -0.2) is 0 Å². The minimum absolute atomic E-state index is 0.470. The molecule has 2 unspecified atom stereocenters. The first-order valence-electron chi connectivity index (χ1n) is 6.96. The minimum atomic E-state index is 0.470. The Morgan fingerprint density at radius 2 is 2.06 bits per heavy atom. The highest BCUT2D eigenvalue weighted by Crippen LogP contribution is 2.20. The van der Waals surface area contributed by atoms with Gasteiger partial charge in [-0.05, 0) is 45.9 Å². The van der Waals surface area contributed by atoms with Crippen molar-refractivity contribution in [2.75, 3.05) is 53.5 Å². The Morgan fingerprint density at radius 3 is 2.71 bits per heavy atom. The fourth-order valence-corrected chi connectivity index (χ4v) is 3.12. The third-order valence-corrected chi connectivity index (χ3v) is 4.16. The molecule has 4 heteroatoms. The number of methoxy groups -OCH3 is 1. The van der Waals surface area contributed by atoms with Crippen LogP contribution in [0.4, 0.5) is 0 Å². The first-order valence-corrected chi connectivity index (χ1v) is 6.96. The molecule has 0 bridgehead atoms. The zero-order chi connectivity index (χ0) is 12.1. The van der Waals surface area contributed by atoms with Crippen LogP contribution in [0.25, 0.3) is 0 Å². The second-order valence-corrected chi connectivity index (χ2v) is 5.39. The molecule has 0 amide bonds. The Bertz CT molecular complexity index is 219. The maximum atomic E-state index is 5.23. The van der Waals surface area contributed by atoms with E-state index in [-0.39, 0.29) is 0 Å². The number of likely N-dealkylation sites (tertiary alicyclic amines) is 2. The lowest BCUT2D eigenvalue weighted by atomic mass is 10.2. The molecule has 100 valence electrons. The van der Waals surface area contributed by atoms with Crippen molar-refractivity contribution < 1.29 is 4.74 Å². The Labute approximate surface area is 105 Å². The molecule has 0 aromatic carbocycles. The molecule has 4 nitrogen and oxygen atoms in total. The van der Waals surface area contributed by atoms with E-state index in [9.17, 15) is 0 Å². The van der Waals surface area contributed by atoms with Gasteiger partial charge in [-0.15, -0.1) is 0 Å². The van der Waals surface area contributed by atoms with E-state index < -0.39 is 0 Å². The lowest BCUT2D eigenvalue weighted by molar-refractivity contribution is 0.145. The number of nitrogens with zero attached hydrogens (tertiary/aromatic N) is 2. The van der Waals surface area contributed by atoms with Gasteiger partial charge < -0.3 is 15.0 Å². The molecule has 2 heterocycles. The minimum Gasteiger partial charge on any atom is -0.383 e. The molecule has 0 saturated carbocycles. The maximum absolute atomic E-state index is 5.23. The third kappa shape index (κ3) is 3.65. The van der Waals surface area contributed by atoms with Crippen molar-refractivity contribution in [1.29, 1.82) is 0 Å². The summed E-state index contributed by atoms with van der Waals surface area (Å²) in [5.74, 6) is 0. The van der Waals surface area contributed by atoms with Crippen LogP contribution in [0.5, 0.6) is 0 Å². The van der Waals surface area contributed by atoms with Crippen LogP contribution in [-0.2, 0) is 4.74 Å². The summed E-state index contributed by atoms with van der Waals surface area (Å²) in [7, 11) is 3.80. The Hall–Kier alpha value is -0.160. The van der Waals surface area contributed by atoms with Crippen molar-refractivity contribution in [3.8, 4) is 0 Å². The average Bonchev–Trinajstić information content (AvgIpc) is 2.98. The Kier molecular flexibility index (Phi) is 5.22. The van der Waals surface area contributed by atoms with E-state index in [0.29, 0.717) is 6.04 Å². The predicted molar refractivity (Wildman–Crippen MR) is 70.4 cm³/mol. The normalized spacial score (nSPS) is 28.9. The van der Waals surface area contributed by atoms with Gasteiger partial charge in [0.1, 0.15) is 0 Å². The number of nitrogens with one attached hydrogen (secondary N) is 1. The summed E-state index contributed by atoms with van der Waals surface area (Å²) in [6.45, 7) is 7.08. The molecule has 2 rings (SSSR count). The molecule has 2 saturated heterocycles. The Morgan fingerprint density at radius 1 is 1.29 bits per heavy atom. The molecule has 0 aliphatic carbocycles. The van der Waals surface area contributed by atoms with Crippen LogP contribution < -0.4 is 5.32 Å².